The summed E-state index contributed by atoms with van der Waals surface area (Å²) in [5, 5.41) is 3.35. The molecule has 1 aromatic heterocycles. The maximum Gasteiger partial charge on any atom is 0.229 e. The van der Waals surface area contributed by atoms with Crippen LogP contribution in [-0.2, 0) is 0 Å². The van der Waals surface area contributed by atoms with E-state index in [2.05, 4.69) is 28.2 Å². The molecule has 28 heavy (non-hydrogen) atoms. The van der Waals surface area contributed by atoms with E-state index in [1.54, 1.807) is 0 Å². The van der Waals surface area contributed by atoms with Crippen LogP contribution in [0.5, 0.6) is 11.5 Å². The molecule has 4 rings (SSSR count). The Morgan fingerprint density at radius 1 is 0.964 bits per heavy atom. The summed E-state index contributed by atoms with van der Waals surface area (Å²) < 4.78 is 6.04. The Labute approximate surface area is 166 Å². The molecule has 0 atom stereocenters. The summed E-state index contributed by atoms with van der Waals surface area (Å²) >= 11 is 0. The van der Waals surface area contributed by atoms with Gasteiger partial charge in [0.15, 0.2) is 5.75 Å². The maximum absolute atomic E-state index is 6.04. The van der Waals surface area contributed by atoms with Crippen LogP contribution in [0.4, 0.5) is 17.5 Å². The fourth-order valence-electron chi connectivity index (χ4n) is 3.40. The highest BCUT2D eigenvalue weighted by molar-refractivity contribution is 5.64. The summed E-state index contributed by atoms with van der Waals surface area (Å²) in [6, 6.07) is 19.7. The molecule has 1 aliphatic heterocycles. The van der Waals surface area contributed by atoms with E-state index in [9.17, 15) is 0 Å². The second kappa shape index (κ2) is 8.30. The van der Waals surface area contributed by atoms with Gasteiger partial charge in [0.1, 0.15) is 11.6 Å². The molecule has 0 saturated carbocycles. The number of hydrogen-bond donors (Lipinski definition) is 1. The molecule has 144 valence electrons. The number of aryl methyl sites for hydroxylation is 1. The lowest BCUT2D eigenvalue weighted by molar-refractivity contribution is 0.436. The molecule has 3 aromatic rings. The molecule has 0 aliphatic carbocycles. The summed E-state index contributed by atoms with van der Waals surface area (Å²) in [5.74, 6) is 3.91. The molecule has 1 N–H and O–H groups in total. The molecular formula is C23H26N4O. The first kappa shape index (κ1) is 18.3. The van der Waals surface area contributed by atoms with Gasteiger partial charge in [0.05, 0.1) is 5.69 Å². The van der Waals surface area contributed by atoms with Gasteiger partial charge in [0, 0.05) is 24.8 Å². The number of piperidine rings is 1. The topological polar surface area (TPSA) is 50.3 Å². The number of rotatable bonds is 5. The molecule has 1 aliphatic rings. The normalized spacial score (nSPS) is 14.7. The van der Waals surface area contributed by atoms with E-state index in [4.69, 9.17) is 9.72 Å². The predicted molar refractivity (Wildman–Crippen MR) is 114 cm³/mol. The lowest BCUT2D eigenvalue weighted by atomic mass is 9.99. The van der Waals surface area contributed by atoms with E-state index in [-0.39, 0.29) is 0 Å². The number of para-hydroxylation sites is 3. The van der Waals surface area contributed by atoms with Gasteiger partial charge in [-0.3, -0.25) is 0 Å². The van der Waals surface area contributed by atoms with Crippen molar-refractivity contribution in [1.29, 1.82) is 0 Å². The van der Waals surface area contributed by atoms with Gasteiger partial charge in [0.2, 0.25) is 5.95 Å². The summed E-state index contributed by atoms with van der Waals surface area (Å²) in [6.07, 6.45) is 2.42. The zero-order chi connectivity index (χ0) is 19.3. The molecule has 0 unspecified atom stereocenters. The average molecular weight is 374 g/mol. The minimum Gasteiger partial charge on any atom is -0.455 e. The van der Waals surface area contributed by atoms with E-state index >= 15 is 0 Å². The van der Waals surface area contributed by atoms with E-state index in [1.807, 2.05) is 61.5 Å². The molecule has 0 spiro atoms. The van der Waals surface area contributed by atoms with Crippen molar-refractivity contribution >= 4 is 17.5 Å². The van der Waals surface area contributed by atoms with Crippen LogP contribution in [0.3, 0.4) is 0 Å². The van der Waals surface area contributed by atoms with E-state index < -0.39 is 0 Å². The van der Waals surface area contributed by atoms with Gasteiger partial charge in [-0.25, -0.2) is 4.98 Å². The third-order valence-corrected chi connectivity index (χ3v) is 5.05. The van der Waals surface area contributed by atoms with Gasteiger partial charge < -0.3 is 15.0 Å². The summed E-state index contributed by atoms with van der Waals surface area (Å²) in [6.45, 7) is 6.42. The fourth-order valence-corrected chi connectivity index (χ4v) is 3.40. The Morgan fingerprint density at radius 3 is 2.46 bits per heavy atom. The van der Waals surface area contributed by atoms with Gasteiger partial charge in [-0.2, -0.15) is 4.98 Å². The van der Waals surface area contributed by atoms with Crippen molar-refractivity contribution < 1.29 is 4.74 Å². The Bertz CT molecular complexity index is 921. The number of anilines is 3. The molecule has 5 heteroatoms. The first-order valence-electron chi connectivity index (χ1n) is 9.87. The van der Waals surface area contributed by atoms with Crippen molar-refractivity contribution in [1.82, 2.24) is 9.97 Å². The minimum absolute atomic E-state index is 0.595. The van der Waals surface area contributed by atoms with Gasteiger partial charge in [-0.15, -0.1) is 0 Å². The maximum atomic E-state index is 6.04. The smallest absolute Gasteiger partial charge is 0.229 e. The minimum atomic E-state index is 0.595. The van der Waals surface area contributed by atoms with Crippen LogP contribution in [0.1, 0.15) is 25.5 Å². The average Bonchev–Trinajstić information content (AvgIpc) is 2.70. The molecule has 0 bridgehead atoms. The van der Waals surface area contributed by atoms with Crippen molar-refractivity contribution in [3.63, 3.8) is 0 Å². The first-order chi connectivity index (χ1) is 13.7. The third kappa shape index (κ3) is 4.42. The number of aromatic nitrogens is 2. The predicted octanol–water partition coefficient (Wildman–Crippen LogP) is 5.56. The van der Waals surface area contributed by atoms with E-state index in [0.717, 1.165) is 47.7 Å². The monoisotopic (exact) mass is 374 g/mol. The summed E-state index contributed by atoms with van der Waals surface area (Å²) in [7, 11) is 0. The largest absolute Gasteiger partial charge is 0.455 e. The molecule has 2 heterocycles. The molecule has 5 nitrogen and oxygen atoms in total. The highest BCUT2D eigenvalue weighted by Crippen LogP contribution is 2.31. The fraction of sp³-hybridized carbons (Fsp3) is 0.304. The number of benzene rings is 2. The molecule has 0 radical (unpaired) electrons. The Balaban J connectivity index is 1.56. The van der Waals surface area contributed by atoms with Crippen LogP contribution in [0.25, 0.3) is 0 Å². The van der Waals surface area contributed by atoms with Crippen molar-refractivity contribution in [2.45, 2.75) is 26.7 Å². The lowest BCUT2D eigenvalue weighted by Gasteiger charge is -2.31. The zero-order valence-electron chi connectivity index (χ0n) is 16.4. The third-order valence-electron chi connectivity index (χ3n) is 5.05. The number of nitrogens with zero attached hydrogens (tertiary/aromatic N) is 3. The number of nitrogens with one attached hydrogen (secondary N) is 1. The standard InChI is InChI=1S/C23H26N4O/c1-17-12-14-27(15-13-17)22-16-18(2)24-23(26-22)25-20-10-6-7-11-21(20)28-19-8-4-3-5-9-19/h3-11,16-17H,12-15H2,1-2H3,(H,24,25,26). The highest BCUT2D eigenvalue weighted by Gasteiger charge is 2.18. The number of hydrogen-bond acceptors (Lipinski definition) is 5. The number of ether oxygens (including phenoxy) is 1. The molecule has 1 saturated heterocycles. The molecule has 1 fully saturated rings. The molecule has 0 amide bonds. The van der Waals surface area contributed by atoms with Crippen LogP contribution >= 0.6 is 0 Å². The van der Waals surface area contributed by atoms with Crippen molar-refractivity contribution in [2.75, 3.05) is 23.3 Å². The Kier molecular flexibility index (Phi) is 5.42. The van der Waals surface area contributed by atoms with Crippen LogP contribution in [0, 0.1) is 12.8 Å². The van der Waals surface area contributed by atoms with Crippen LogP contribution < -0.4 is 15.0 Å². The van der Waals surface area contributed by atoms with Crippen LogP contribution in [0.2, 0.25) is 0 Å². The van der Waals surface area contributed by atoms with Gasteiger partial charge >= 0.3 is 0 Å². The molecular weight excluding hydrogens is 348 g/mol. The van der Waals surface area contributed by atoms with Gasteiger partial charge in [-0.1, -0.05) is 37.3 Å². The van der Waals surface area contributed by atoms with E-state index in [1.165, 1.54) is 12.8 Å². The first-order valence-corrected chi connectivity index (χ1v) is 9.87. The molecule has 2 aromatic carbocycles. The van der Waals surface area contributed by atoms with E-state index in [0.29, 0.717) is 5.95 Å². The second-order valence-corrected chi connectivity index (χ2v) is 7.40. The van der Waals surface area contributed by atoms with Crippen molar-refractivity contribution in [3.8, 4) is 11.5 Å². The second-order valence-electron chi connectivity index (χ2n) is 7.40. The zero-order valence-corrected chi connectivity index (χ0v) is 16.4. The lowest BCUT2D eigenvalue weighted by Crippen LogP contribution is -2.33. The summed E-state index contributed by atoms with van der Waals surface area (Å²) in [4.78, 5) is 11.7. The van der Waals surface area contributed by atoms with Crippen LogP contribution in [-0.4, -0.2) is 23.1 Å². The van der Waals surface area contributed by atoms with Gasteiger partial charge in [0.25, 0.3) is 0 Å². The van der Waals surface area contributed by atoms with Gasteiger partial charge in [-0.05, 0) is 49.9 Å². The van der Waals surface area contributed by atoms with Crippen molar-refractivity contribution in [2.24, 2.45) is 5.92 Å². The summed E-state index contributed by atoms with van der Waals surface area (Å²) in [5.41, 5.74) is 1.79. The quantitative estimate of drug-likeness (QED) is 0.634. The Morgan fingerprint density at radius 2 is 1.68 bits per heavy atom. The highest BCUT2D eigenvalue weighted by atomic mass is 16.5. The SMILES string of the molecule is Cc1cc(N2CCC(C)CC2)nc(Nc2ccccc2Oc2ccccc2)n1. The van der Waals surface area contributed by atoms with Crippen molar-refractivity contribution in [3.05, 3.63) is 66.4 Å². The van der Waals surface area contributed by atoms with Crippen LogP contribution in [0.15, 0.2) is 60.7 Å². The Hall–Kier alpha value is -3.08.